The van der Waals surface area contributed by atoms with E-state index in [4.69, 9.17) is 5.26 Å². The van der Waals surface area contributed by atoms with Crippen molar-refractivity contribution < 1.29 is 18.3 Å². The summed E-state index contributed by atoms with van der Waals surface area (Å²) in [4.78, 5) is 12.3. The van der Waals surface area contributed by atoms with E-state index >= 15 is 0 Å². The molecule has 0 bridgehead atoms. The molecule has 1 amide bonds. The lowest BCUT2D eigenvalue weighted by Crippen LogP contribution is -2.45. The molecule has 1 aliphatic heterocycles. The highest BCUT2D eigenvalue weighted by molar-refractivity contribution is 7.92. The first kappa shape index (κ1) is 16.9. The number of sulfone groups is 1. The standard InChI is InChI=1S/C16H19N3O4S/c17-10-16(5-6-16)19-15(21)13-7-12(8-18-13)24(22,23)14-4-2-1-3-11(14)9-20/h1-4,12-13,18,20H,5-9H2,(H,19,21). The van der Waals surface area contributed by atoms with Crippen LogP contribution in [0.25, 0.3) is 0 Å². The lowest BCUT2D eigenvalue weighted by Gasteiger charge is -2.15. The van der Waals surface area contributed by atoms with Crippen molar-refractivity contribution >= 4 is 15.7 Å². The van der Waals surface area contributed by atoms with Crippen LogP contribution in [0.4, 0.5) is 0 Å². The molecule has 2 unspecified atom stereocenters. The van der Waals surface area contributed by atoms with Crippen molar-refractivity contribution in [3.63, 3.8) is 0 Å². The van der Waals surface area contributed by atoms with E-state index in [0.29, 0.717) is 18.4 Å². The number of nitrogens with one attached hydrogen (secondary N) is 2. The quantitative estimate of drug-likeness (QED) is 0.680. The predicted octanol–water partition coefficient (Wildman–Crippen LogP) is -0.145. The number of rotatable bonds is 5. The zero-order valence-corrected chi connectivity index (χ0v) is 13.8. The number of aliphatic hydroxyl groups is 1. The van der Waals surface area contributed by atoms with E-state index in [1.807, 2.05) is 0 Å². The Balaban J connectivity index is 1.73. The topological polar surface area (TPSA) is 119 Å². The van der Waals surface area contributed by atoms with E-state index in [9.17, 15) is 18.3 Å². The van der Waals surface area contributed by atoms with Gasteiger partial charge in [0.2, 0.25) is 5.91 Å². The van der Waals surface area contributed by atoms with Crippen LogP contribution >= 0.6 is 0 Å². The van der Waals surface area contributed by atoms with Gasteiger partial charge in [-0.05, 0) is 30.9 Å². The Bertz CT molecular complexity index is 796. The van der Waals surface area contributed by atoms with Gasteiger partial charge < -0.3 is 15.7 Å². The molecular weight excluding hydrogens is 330 g/mol. The maximum atomic E-state index is 12.8. The summed E-state index contributed by atoms with van der Waals surface area (Å²) in [5.74, 6) is -0.331. The van der Waals surface area contributed by atoms with Gasteiger partial charge in [0.15, 0.2) is 9.84 Å². The lowest BCUT2D eigenvalue weighted by molar-refractivity contribution is -0.123. The van der Waals surface area contributed by atoms with Gasteiger partial charge in [-0.25, -0.2) is 8.42 Å². The number of nitrogens with zero attached hydrogens (tertiary/aromatic N) is 1. The van der Waals surface area contributed by atoms with Crippen LogP contribution in [0.3, 0.4) is 0 Å². The number of carbonyl (C=O) groups excluding carboxylic acids is 1. The van der Waals surface area contributed by atoms with Crippen LogP contribution in [0, 0.1) is 11.3 Å². The third-order valence-electron chi connectivity index (χ3n) is 4.62. The fourth-order valence-electron chi connectivity index (χ4n) is 2.94. The number of hydrogen-bond donors (Lipinski definition) is 3. The zero-order chi connectivity index (χ0) is 17.4. The summed E-state index contributed by atoms with van der Waals surface area (Å²) < 4.78 is 25.6. The Morgan fingerprint density at radius 2 is 2.12 bits per heavy atom. The smallest absolute Gasteiger partial charge is 0.238 e. The summed E-state index contributed by atoms with van der Waals surface area (Å²) in [5, 5.41) is 23.3. The number of aliphatic hydroxyl groups excluding tert-OH is 1. The fourth-order valence-corrected chi connectivity index (χ4v) is 4.83. The maximum absolute atomic E-state index is 12.8. The van der Waals surface area contributed by atoms with E-state index in [0.717, 1.165) is 0 Å². The molecule has 1 heterocycles. The molecule has 3 rings (SSSR count). The summed E-state index contributed by atoms with van der Waals surface area (Å²) in [6.07, 6.45) is 1.41. The molecule has 1 saturated heterocycles. The van der Waals surface area contributed by atoms with Gasteiger partial charge in [-0.15, -0.1) is 0 Å². The Hall–Kier alpha value is -1.95. The second-order valence-corrected chi connectivity index (χ2v) is 8.51. The average molecular weight is 349 g/mol. The molecule has 2 aliphatic rings. The van der Waals surface area contributed by atoms with Crippen molar-refractivity contribution in [1.82, 2.24) is 10.6 Å². The normalized spacial score (nSPS) is 25.0. The number of hydrogen-bond acceptors (Lipinski definition) is 6. The molecule has 7 nitrogen and oxygen atoms in total. The molecule has 0 aromatic heterocycles. The Kier molecular flexibility index (Phi) is 4.34. The van der Waals surface area contributed by atoms with Gasteiger partial charge in [-0.3, -0.25) is 4.79 Å². The molecule has 24 heavy (non-hydrogen) atoms. The number of nitriles is 1. The highest BCUT2D eigenvalue weighted by Crippen LogP contribution is 2.34. The molecule has 0 spiro atoms. The number of amides is 1. The minimum atomic E-state index is -3.65. The predicted molar refractivity (Wildman–Crippen MR) is 85.5 cm³/mol. The molecule has 1 aromatic rings. The third-order valence-corrected chi connectivity index (χ3v) is 6.87. The fraction of sp³-hybridized carbons (Fsp3) is 0.500. The van der Waals surface area contributed by atoms with Crippen LogP contribution in [0.2, 0.25) is 0 Å². The Labute approximate surface area is 140 Å². The number of carbonyl (C=O) groups is 1. The average Bonchev–Trinajstić information content (AvgIpc) is 3.17. The second-order valence-electron chi connectivity index (χ2n) is 6.31. The van der Waals surface area contributed by atoms with Gasteiger partial charge in [0.25, 0.3) is 0 Å². The highest BCUT2D eigenvalue weighted by Gasteiger charge is 2.47. The first-order valence-electron chi connectivity index (χ1n) is 7.81. The summed E-state index contributed by atoms with van der Waals surface area (Å²) in [7, 11) is -3.65. The monoisotopic (exact) mass is 349 g/mol. The van der Waals surface area contributed by atoms with Crippen LogP contribution in [0.1, 0.15) is 24.8 Å². The van der Waals surface area contributed by atoms with Crippen LogP contribution in [0.5, 0.6) is 0 Å². The van der Waals surface area contributed by atoms with Crippen LogP contribution < -0.4 is 10.6 Å². The molecule has 2 atom stereocenters. The molecule has 3 N–H and O–H groups in total. The Morgan fingerprint density at radius 1 is 1.42 bits per heavy atom. The zero-order valence-electron chi connectivity index (χ0n) is 13.0. The molecule has 0 radical (unpaired) electrons. The van der Waals surface area contributed by atoms with Crippen LogP contribution in [-0.4, -0.2) is 42.8 Å². The van der Waals surface area contributed by atoms with Crippen molar-refractivity contribution in [2.75, 3.05) is 6.54 Å². The SMILES string of the molecule is N#CC1(NC(=O)C2CC(S(=O)(=O)c3ccccc3CO)CN2)CC1. The maximum Gasteiger partial charge on any atom is 0.238 e. The minimum absolute atomic E-state index is 0.107. The lowest BCUT2D eigenvalue weighted by atomic mass is 10.2. The van der Waals surface area contributed by atoms with E-state index in [-0.39, 0.29) is 30.4 Å². The van der Waals surface area contributed by atoms with Crippen molar-refractivity contribution in [1.29, 1.82) is 5.26 Å². The molecule has 2 fully saturated rings. The highest BCUT2D eigenvalue weighted by atomic mass is 32.2. The second kappa shape index (κ2) is 6.16. The van der Waals surface area contributed by atoms with Gasteiger partial charge in [0.05, 0.1) is 28.9 Å². The summed E-state index contributed by atoms with van der Waals surface area (Å²) in [5.41, 5.74) is -0.411. The van der Waals surface area contributed by atoms with E-state index in [1.54, 1.807) is 18.2 Å². The molecule has 8 heteroatoms. The van der Waals surface area contributed by atoms with Gasteiger partial charge in [0, 0.05) is 6.54 Å². The first-order valence-corrected chi connectivity index (χ1v) is 9.36. The molecule has 1 aromatic carbocycles. The Morgan fingerprint density at radius 3 is 2.75 bits per heavy atom. The first-order chi connectivity index (χ1) is 11.4. The van der Waals surface area contributed by atoms with Crippen molar-refractivity contribution in [2.45, 2.75) is 47.6 Å². The van der Waals surface area contributed by atoms with E-state index in [2.05, 4.69) is 16.7 Å². The largest absolute Gasteiger partial charge is 0.392 e. The summed E-state index contributed by atoms with van der Waals surface area (Å²) in [6.45, 7) is -0.191. The molecule has 1 saturated carbocycles. The van der Waals surface area contributed by atoms with Crippen molar-refractivity contribution in [3.05, 3.63) is 29.8 Å². The van der Waals surface area contributed by atoms with Gasteiger partial charge >= 0.3 is 0 Å². The molecule has 128 valence electrons. The summed E-state index contributed by atoms with van der Waals surface area (Å²) >= 11 is 0. The molecular formula is C16H19N3O4S. The number of benzene rings is 1. The third kappa shape index (κ3) is 3.02. The van der Waals surface area contributed by atoms with E-state index in [1.165, 1.54) is 6.07 Å². The van der Waals surface area contributed by atoms with Crippen LogP contribution in [0.15, 0.2) is 29.2 Å². The van der Waals surface area contributed by atoms with E-state index < -0.39 is 26.7 Å². The van der Waals surface area contributed by atoms with Crippen molar-refractivity contribution in [3.8, 4) is 6.07 Å². The van der Waals surface area contributed by atoms with Crippen LogP contribution in [-0.2, 0) is 21.2 Å². The van der Waals surface area contributed by atoms with Gasteiger partial charge in [-0.1, -0.05) is 18.2 Å². The van der Waals surface area contributed by atoms with Gasteiger partial charge in [0.1, 0.15) is 5.54 Å². The van der Waals surface area contributed by atoms with Crippen molar-refractivity contribution in [2.24, 2.45) is 0 Å². The molecule has 1 aliphatic carbocycles. The summed E-state index contributed by atoms with van der Waals surface area (Å²) in [6, 6.07) is 7.79. The minimum Gasteiger partial charge on any atom is -0.392 e. The van der Waals surface area contributed by atoms with Gasteiger partial charge in [-0.2, -0.15) is 5.26 Å².